The number of carboxylic acid groups (broad SMARTS) is 1. The molecule has 0 saturated carbocycles. The van der Waals surface area contributed by atoms with Crippen LogP contribution in [0.2, 0.25) is 0 Å². The highest BCUT2D eigenvalue weighted by Crippen LogP contribution is 2.21. The first-order valence-corrected chi connectivity index (χ1v) is 8.52. The predicted octanol–water partition coefficient (Wildman–Crippen LogP) is 4.18. The molecule has 0 aliphatic carbocycles. The van der Waals surface area contributed by atoms with Gasteiger partial charge in [-0.15, -0.1) is 0 Å². The number of carbonyl (C=O) groups excluding carboxylic acids is 1. The minimum Gasteiger partial charge on any atom is -0.480 e. The van der Waals surface area contributed by atoms with Gasteiger partial charge >= 0.3 is 12.1 Å². The van der Waals surface area contributed by atoms with Gasteiger partial charge in [-0.1, -0.05) is 54.1 Å². The standard InChI is InChI=1S/C21H25NO4/c1-14-6-5-7-17(12-14)16-10-8-15(9-11-16)13-18(19(23)24)22-20(25)26-21(2,3)4/h5-12,18H,13H2,1-4H3,(H,22,25)(H,23,24). The summed E-state index contributed by atoms with van der Waals surface area (Å²) in [7, 11) is 0. The van der Waals surface area contributed by atoms with Crippen LogP contribution in [0.3, 0.4) is 0 Å². The summed E-state index contributed by atoms with van der Waals surface area (Å²) in [6.45, 7) is 7.22. The first-order valence-electron chi connectivity index (χ1n) is 8.52. The van der Waals surface area contributed by atoms with E-state index in [1.165, 1.54) is 5.56 Å². The van der Waals surface area contributed by atoms with E-state index in [-0.39, 0.29) is 6.42 Å². The molecule has 5 heteroatoms. The molecule has 0 bridgehead atoms. The molecule has 0 saturated heterocycles. The van der Waals surface area contributed by atoms with Crippen molar-refractivity contribution >= 4 is 12.1 Å². The van der Waals surface area contributed by atoms with Crippen LogP contribution in [0, 0.1) is 6.92 Å². The Morgan fingerprint density at radius 2 is 1.73 bits per heavy atom. The Labute approximate surface area is 154 Å². The molecule has 2 rings (SSSR count). The molecule has 26 heavy (non-hydrogen) atoms. The molecule has 2 N–H and O–H groups in total. The zero-order valence-corrected chi connectivity index (χ0v) is 15.6. The van der Waals surface area contributed by atoms with Gasteiger partial charge in [-0.2, -0.15) is 0 Å². The number of amides is 1. The molecular weight excluding hydrogens is 330 g/mol. The molecule has 1 unspecified atom stereocenters. The van der Waals surface area contributed by atoms with Crippen molar-refractivity contribution in [2.24, 2.45) is 0 Å². The average Bonchev–Trinajstić information content (AvgIpc) is 2.53. The monoisotopic (exact) mass is 355 g/mol. The van der Waals surface area contributed by atoms with E-state index in [4.69, 9.17) is 4.74 Å². The van der Waals surface area contributed by atoms with Gasteiger partial charge in [-0.25, -0.2) is 9.59 Å². The molecular formula is C21H25NO4. The number of nitrogens with one attached hydrogen (secondary N) is 1. The summed E-state index contributed by atoms with van der Waals surface area (Å²) in [4.78, 5) is 23.3. The largest absolute Gasteiger partial charge is 0.480 e. The molecule has 2 aromatic carbocycles. The molecule has 0 fully saturated rings. The number of benzene rings is 2. The lowest BCUT2D eigenvalue weighted by Gasteiger charge is -2.22. The van der Waals surface area contributed by atoms with Gasteiger partial charge in [0.05, 0.1) is 0 Å². The van der Waals surface area contributed by atoms with Crippen LogP contribution in [-0.2, 0) is 16.0 Å². The zero-order chi connectivity index (χ0) is 19.3. The van der Waals surface area contributed by atoms with Crippen LogP contribution in [0.1, 0.15) is 31.9 Å². The van der Waals surface area contributed by atoms with Crippen molar-refractivity contribution < 1.29 is 19.4 Å². The lowest BCUT2D eigenvalue weighted by molar-refractivity contribution is -0.139. The number of rotatable bonds is 5. The molecule has 1 amide bonds. The molecule has 0 aliphatic heterocycles. The highest BCUT2D eigenvalue weighted by Gasteiger charge is 2.24. The van der Waals surface area contributed by atoms with Crippen molar-refractivity contribution in [3.63, 3.8) is 0 Å². The third-order valence-corrected chi connectivity index (χ3v) is 3.73. The lowest BCUT2D eigenvalue weighted by atomic mass is 9.99. The van der Waals surface area contributed by atoms with Crippen molar-refractivity contribution in [2.75, 3.05) is 0 Å². The maximum absolute atomic E-state index is 11.8. The quantitative estimate of drug-likeness (QED) is 0.843. The minimum atomic E-state index is -1.10. The van der Waals surface area contributed by atoms with Gasteiger partial charge in [0.1, 0.15) is 11.6 Å². The van der Waals surface area contributed by atoms with Crippen LogP contribution >= 0.6 is 0 Å². The van der Waals surface area contributed by atoms with E-state index >= 15 is 0 Å². The van der Waals surface area contributed by atoms with Gasteiger partial charge in [0.25, 0.3) is 0 Å². The van der Waals surface area contributed by atoms with E-state index in [2.05, 4.69) is 11.4 Å². The Bertz CT molecular complexity index is 775. The van der Waals surface area contributed by atoms with E-state index in [9.17, 15) is 14.7 Å². The molecule has 2 aromatic rings. The second-order valence-corrected chi connectivity index (χ2v) is 7.31. The van der Waals surface area contributed by atoms with Crippen LogP contribution in [0.4, 0.5) is 4.79 Å². The van der Waals surface area contributed by atoms with E-state index < -0.39 is 23.7 Å². The molecule has 0 heterocycles. The molecule has 5 nitrogen and oxygen atoms in total. The van der Waals surface area contributed by atoms with E-state index in [1.54, 1.807) is 20.8 Å². The number of carboxylic acids is 1. The Balaban J connectivity index is 2.07. The summed E-state index contributed by atoms with van der Waals surface area (Å²) in [6.07, 6.45) is -0.552. The topological polar surface area (TPSA) is 75.6 Å². The summed E-state index contributed by atoms with van der Waals surface area (Å²) in [5.41, 5.74) is 3.49. The molecule has 1 atom stereocenters. The molecule has 138 valence electrons. The Morgan fingerprint density at radius 1 is 1.08 bits per heavy atom. The van der Waals surface area contributed by atoms with Gasteiger partial charge in [0, 0.05) is 6.42 Å². The smallest absolute Gasteiger partial charge is 0.408 e. The van der Waals surface area contributed by atoms with Crippen molar-refractivity contribution in [3.05, 3.63) is 59.7 Å². The lowest BCUT2D eigenvalue weighted by Crippen LogP contribution is -2.44. The molecule has 0 aromatic heterocycles. The molecule has 0 aliphatic rings. The van der Waals surface area contributed by atoms with E-state index in [1.807, 2.05) is 49.4 Å². The van der Waals surface area contributed by atoms with Crippen LogP contribution in [0.25, 0.3) is 11.1 Å². The number of aryl methyl sites for hydroxylation is 1. The van der Waals surface area contributed by atoms with Crippen LogP contribution in [-0.4, -0.2) is 28.8 Å². The van der Waals surface area contributed by atoms with E-state index in [0.29, 0.717) is 0 Å². The summed E-state index contributed by atoms with van der Waals surface area (Å²) in [5, 5.41) is 11.8. The first-order chi connectivity index (χ1) is 12.1. The second-order valence-electron chi connectivity index (χ2n) is 7.31. The Hall–Kier alpha value is -2.82. The number of alkyl carbamates (subject to hydrolysis) is 1. The van der Waals surface area contributed by atoms with E-state index in [0.717, 1.165) is 16.7 Å². The summed E-state index contributed by atoms with van der Waals surface area (Å²) >= 11 is 0. The highest BCUT2D eigenvalue weighted by atomic mass is 16.6. The van der Waals surface area contributed by atoms with Gasteiger partial charge in [0.15, 0.2) is 0 Å². The van der Waals surface area contributed by atoms with Crippen LogP contribution in [0.15, 0.2) is 48.5 Å². The number of carbonyl (C=O) groups is 2. The van der Waals surface area contributed by atoms with Crippen LogP contribution < -0.4 is 5.32 Å². The number of ether oxygens (including phenoxy) is 1. The first kappa shape index (κ1) is 19.5. The summed E-state index contributed by atoms with van der Waals surface area (Å²) in [5.74, 6) is -1.10. The second kappa shape index (κ2) is 8.04. The minimum absolute atomic E-state index is 0.183. The van der Waals surface area contributed by atoms with Crippen LogP contribution in [0.5, 0.6) is 0 Å². The Morgan fingerprint density at radius 3 is 2.27 bits per heavy atom. The maximum Gasteiger partial charge on any atom is 0.408 e. The van der Waals surface area contributed by atoms with Crippen molar-refractivity contribution in [1.82, 2.24) is 5.32 Å². The number of aliphatic carboxylic acids is 1. The Kier molecular flexibility index (Phi) is 6.03. The third-order valence-electron chi connectivity index (χ3n) is 3.73. The average molecular weight is 355 g/mol. The molecule has 0 spiro atoms. The van der Waals surface area contributed by atoms with Gasteiger partial charge in [0.2, 0.25) is 0 Å². The van der Waals surface area contributed by atoms with Gasteiger partial charge in [-0.05, 0) is 44.4 Å². The fraction of sp³-hybridized carbons (Fsp3) is 0.333. The summed E-state index contributed by atoms with van der Waals surface area (Å²) < 4.78 is 5.13. The van der Waals surface area contributed by atoms with Gasteiger partial charge < -0.3 is 15.2 Å². The fourth-order valence-electron chi connectivity index (χ4n) is 2.54. The maximum atomic E-state index is 11.8. The zero-order valence-electron chi connectivity index (χ0n) is 15.6. The SMILES string of the molecule is Cc1cccc(-c2ccc(CC(NC(=O)OC(C)(C)C)C(=O)O)cc2)c1. The van der Waals surface area contributed by atoms with Crippen molar-refractivity contribution in [3.8, 4) is 11.1 Å². The number of hydrogen-bond acceptors (Lipinski definition) is 3. The summed E-state index contributed by atoms with van der Waals surface area (Å²) in [6, 6.07) is 14.8. The van der Waals surface area contributed by atoms with Crippen molar-refractivity contribution in [2.45, 2.75) is 45.8 Å². The number of hydrogen-bond donors (Lipinski definition) is 2. The third kappa shape index (κ3) is 5.92. The van der Waals surface area contributed by atoms with Gasteiger partial charge in [-0.3, -0.25) is 0 Å². The highest BCUT2D eigenvalue weighted by molar-refractivity contribution is 5.80. The van der Waals surface area contributed by atoms with Crippen molar-refractivity contribution in [1.29, 1.82) is 0 Å². The molecule has 0 radical (unpaired) electrons. The normalized spacial score (nSPS) is 12.3. The predicted molar refractivity (Wildman–Crippen MR) is 101 cm³/mol. The fourth-order valence-corrected chi connectivity index (χ4v) is 2.54.